The molecule has 1 N–H and O–H groups in total. The molecule has 0 spiro atoms. The van der Waals surface area contributed by atoms with Gasteiger partial charge in [-0.1, -0.05) is 42.1 Å². The lowest BCUT2D eigenvalue weighted by molar-refractivity contribution is -0.113. The predicted molar refractivity (Wildman–Crippen MR) is 136 cm³/mol. The number of aromatic nitrogens is 3. The lowest BCUT2D eigenvalue weighted by Gasteiger charge is -2.17. The largest absolute Gasteiger partial charge is 0.497 e. The summed E-state index contributed by atoms with van der Waals surface area (Å²) < 4.78 is 18.6. The molecule has 1 aromatic heterocycles. The van der Waals surface area contributed by atoms with Gasteiger partial charge in [0.2, 0.25) is 5.91 Å². The topological polar surface area (TPSA) is 87.5 Å². The molecule has 1 unspecified atom stereocenters. The van der Waals surface area contributed by atoms with Crippen LogP contribution >= 0.6 is 11.8 Å². The van der Waals surface area contributed by atoms with Crippen molar-refractivity contribution < 1.29 is 19.0 Å². The summed E-state index contributed by atoms with van der Waals surface area (Å²) in [5.74, 6) is 2.66. The molecule has 0 bridgehead atoms. The SMILES string of the molecule is COc1cccc(NC(=O)CSc2nnc(C(C)Oc3cccc(OC)c3)n2-c2ccccc2)c1. The second kappa shape index (κ2) is 11.4. The number of benzene rings is 3. The van der Waals surface area contributed by atoms with E-state index >= 15 is 0 Å². The third-order valence-corrected chi connectivity index (χ3v) is 6.01. The van der Waals surface area contributed by atoms with Crippen LogP contribution < -0.4 is 19.5 Å². The molecule has 0 radical (unpaired) electrons. The average Bonchev–Trinajstić information content (AvgIpc) is 3.32. The van der Waals surface area contributed by atoms with Crippen LogP contribution in [0.15, 0.2) is 84.0 Å². The van der Waals surface area contributed by atoms with E-state index in [0.717, 1.165) is 5.69 Å². The van der Waals surface area contributed by atoms with Gasteiger partial charge in [-0.2, -0.15) is 0 Å². The minimum Gasteiger partial charge on any atom is -0.497 e. The van der Waals surface area contributed by atoms with Crippen molar-refractivity contribution in [3.63, 3.8) is 0 Å². The summed E-state index contributed by atoms with van der Waals surface area (Å²) in [7, 11) is 3.20. The van der Waals surface area contributed by atoms with Crippen molar-refractivity contribution in [2.24, 2.45) is 0 Å². The molecule has 180 valence electrons. The van der Waals surface area contributed by atoms with Crippen LogP contribution in [-0.2, 0) is 4.79 Å². The van der Waals surface area contributed by atoms with Crippen LogP contribution in [0.2, 0.25) is 0 Å². The number of hydrogen-bond acceptors (Lipinski definition) is 7. The zero-order chi connectivity index (χ0) is 24.6. The van der Waals surface area contributed by atoms with E-state index in [1.807, 2.05) is 84.3 Å². The monoisotopic (exact) mass is 490 g/mol. The fourth-order valence-corrected chi connectivity index (χ4v) is 4.18. The summed E-state index contributed by atoms with van der Waals surface area (Å²) in [6, 6.07) is 24.4. The summed E-state index contributed by atoms with van der Waals surface area (Å²) in [5, 5.41) is 12.2. The Balaban J connectivity index is 1.53. The highest BCUT2D eigenvalue weighted by molar-refractivity contribution is 7.99. The third-order valence-electron chi connectivity index (χ3n) is 5.08. The smallest absolute Gasteiger partial charge is 0.234 e. The first-order valence-corrected chi connectivity index (χ1v) is 11.9. The molecule has 0 aliphatic carbocycles. The van der Waals surface area contributed by atoms with Gasteiger partial charge in [0.1, 0.15) is 17.2 Å². The summed E-state index contributed by atoms with van der Waals surface area (Å²) in [4.78, 5) is 12.6. The van der Waals surface area contributed by atoms with E-state index in [9.17, 15) is 4.79 Å². The molecule has 1 atom stereocenters. The van der Waals surface area contributed by atoms with Crippen LogP contribution in [0, 0.1) is 0 Å². The number of hydrogen-bond donors (Lipinski definition) is 1. The maximum Gasteiger partial charge on any atom is 0.234 e. The number of amides is 1. The van der Waals surface area contributed by atoms with Crippen LogP contribution in [0.25, 0.3) is 5.69 Å². The van der Waals surface area contributed by atoms with E-state index in [4.69, 9.17) is 14.2 Å². The van der Waals surface area contributed by atoms with E-state index in [1.165, 1.54) is 11.8 Å². The number of carbonyl (C=O) groups excluding carboxylic acids is 1. The minimum atomic E-state index is -0.408. The normalized spacial score (nSPS) is 11.5. The van der Waals surface area contributed by atoms with Gasteiger partial charge in [0.05, 0.1) is 20.0 Å². The Morgan fingerprint density at radius 1 is 0.914 bits per heavy atom. The lowest BCUT2D eigenvalue weighted by atomic mass is 10.3. The summed E-state index contributed by atoms with van der Waals surface area (Å²) in [5.41, 5.74) is 1.55. The van der Waals surface area contributed by atoms with Crippen molar-refractivity contribution in [3.8, 4) is 22.9 Å². The summed E-state index contributed by atoms with van der Waals surface area (Å²) in [6.45, 7) is 1.91. The van der Waals surface area contributed by atoms with E-state index in [1.54, 1.807) is 20.3 Å². The molecular formula is C26H26N4O4S. The molecule has 0 saturated carbocycles. The summed E-state index contributed by atoms with van der Waals surface area (Å²) in [6.07, 6.45) is -0.408. The van der Waals surface area contributed by atoms with Crippen LogP contribution in [0.4, 0.5) is 5.69 Å². The first kappa shape index (κ1) is 24.2. The van der Waals surface area contributed by atoms with Crippen LogP contribution in [0.3, 0.4) is 0 Å². The number of anilines is 1. The number of methoxy groups -OCH3 is 2. The molecule has 1 heterocycles. The van der Waals surface area contributed by atoms with Crippen molar-refractivity contribution in [2.75, 3.05) is 25.3 Å². The Kier molecular flexibility index (Phi) is 7.89. The van der Waals surface area contributed by atoms with Gasteiger partial charge in [0, 0.05) is 23.5 Å². The first-order valence-electron chi connectivity index (χ1n) is 11.0. The second-order valence-electron chi connectivity index (χ2n) is 7.52. The third kappa shape index (κ3) is 6.13. The molecule has 9 heteroatoms. The standard InChI is InChI=1S/C26H26N4O4S/c1-18(34-23-14-8-13-22(16-23)33-3)25-28-29-26(30(25)20-10-5-4-6-11-20)35-17-24(31)27-19-9-7-12-21(15-19)32-2/h4-16,18H,17H2,1-3H3,(H,27,31). The average molecular weight is 491 g/mol. The zero-order valence-corrected chi connectivity index (χ0v) is 20.5. The van der Waals surface area contributed by atoms with Gasteiger partial charge in [-0.05, 0) is 43.3 Å². The Bertz CT molecular complexity index is 1280. The van der Waals surface area contributed by atoms with Gasteiger partial charge >= 0.3 is 0 Å². The predicted octanol–water partition coefficient (Wildman–Crippen LogP) is 5.16. The number of ether oxygens (including phenoxy) is 3. The van der Waals surface area contributed by atoms with Crippen molar-refractivity contribution in [1.29, 1.82) is 0 Å². The zero-order valence-electron chi connectivity index (χ0n) is 19.7. The van der Waals surface area contributed by atoms with E-state index in [2.05, 4.69) is 15.5 Å². The van der Waals surface area contributed by atoms with Gasteiger partial charge in [0.15, 0.2) is 17.1 Å². The van der Waals surface area contributed by atoms with E-state index in [0.29, 0.717) is 33.9 Å². The number of para-hydroxylation sites is 1. The van der Waals surface area contributed by atoms with Crippen molar-refractivity contribution >= 4 is 23.4 Å². The van der Waals surface area contributed by atoms with Gasteiger partial charge in [-0.25, -0.2) is 0 Å². The Hall–Kier alpha value is -3.98. The number of carbonyl (C=O) groups is 1. The molecule has 4 rings (SSSR count). The minimum absolute atomic E-state index is 0.159. The number of nitrogens with one attached hydrogen (secondary N) is 1. The quantitative estimate of drug-likeness (QED) is 0.307. The Labute approximate surface area is 208 Å². The van der Waals surface area contributed by atoms with Gasteiger partial charge in [-0.15, -0.1) is 10.2 Å². The fraction of sp³-hybridized carbons (Fsp3) is 0.192. The molecule has 0 aliphatic heterocycles. The lowest BCUT2D eigenvalue weighted by Crippen LogP contribution is -2.15. The van der Waals surface area contributed by atoms with Gasteiger partial charge in [-0.3, -0.25) is 9.36 Å². The highest BCUT2D eigenvalue weighted by Gasteiger charge is 2.22. The van der Waals surface area contributed by atoms with E-state index < -0.39 is 6.10 Å². The number of rotatable bonds is 10. The number of thioether (sulfide) groups is 1. The van der Waals surface area contributed by atoms with Crippen molar-refractivity contribution in [3.05, 3.63) is 84.7 Å². The highest BCUT2D eigenvalue weighted by Crippen LogP contribution is 2.29. The molecule has 4 aromatic rings. The van der Waals surface area contributed by atoms with Gasteiger partial charge in [0.25, 0.3) is 0 Å². The van der Waals surface area contributed by atoms with Crippen LogP contribution in [0.1, 0.15) is 18.9 Å². The molecule has 8 nitrogen and oxygen atoms in total. The van der Waals surface area contributed by atoms with Gasteiger partial charge < -0.3 is 19.5 Å². The molecule has 0 fully saturated rings. The van der Waals surface area contributed by atoms with Crippen LogP contribution in [-0.4, -0.2) is 40.6 Å². The molecule has 3 aromatic carbocycles. The van der Waals surface area contributed by atoms with Crippen LogP contribution in [0.5, 0.6) is 17.2 Å². The number of nitrogens with zero attached hydrogens (tertiary/aromatic N) is 3. The molecule has 0 saturated heterocycles. The highest BCUT2D eigenvalue weighted by atomic mass is 32.2. The van der Waals surface area contributed by atoms with Crippen molar-refractivity contribution in [1.82, 2.24) is 14.8 Å². The molecular weight excluding hydrogens is 464 g/mol. The fourth-order valence-electron chi connectivity index (χ4n) is 3.42. The Morgan fingerprint density at radius 2 is 1.60 bits per heavy atom. The maximum absolute atomic E-state index is 12.6. The molecule has 0 aliphatic rings. The molecule has 1 amide bonds. The maximum atomic E-state index is 12.6. The van der Waals surface area contributed by atoms with E-state index in [-0.39, 0.29) is 11.7 Å². The summed E-state index contributed by atoms with van der Waals surface area (Å²) >= 11 is 1.30. The first-order chi connectivity index (χ1) is 17.1. The Morgan fingerprint density at radius 3 is 2.34 bits per heavy atom. The second-order valence-corrected chi connectivity index (χ2v) is 8.46. The molecule has 35 heavy (non-hydrogen) atoms. The van der Waals surface area contributed by atoms with Crippen molar-refractivity contribution in [2.45, 2.75) is 18.2 Å².